The molecular formula is C19H23N5O3. The molecule has 3 heterocycles. The minimum atomic E-state index is -0.611. The molecule has 0 atom stereocenters. The summed E-state index contributed by atoms with van der Waals surface area (Å²) in [7, 11) is 0. The minimum Gasteiger partial charge on any atom is -0.380 e. The second-order valence-corrected chi connectivity index (χ2v) is 6.73. The van der Waals surface area contributed by atoms with Crippen molar-refractivity contribution >= 4 is 5.91 Å². The van der Waals surface area contributed by atoms with Crippen LogP contribution in [0, 0.1) is 0 Å². The van der Waals surface area contributed by atoms with Crippen LogP contribution < -0.4 is 5.73 Å². The molecule has 27 heavy (non-hydrogen) atoms. The van der Waals surface area contributed by atoms with Crippen molar-refractivity contribution in [3.8, 4) is 11.3 Å². The van der Waals surface area contributed by atoms with Crippen LogP contribution in [0.4, 0.5) is 0 Å². The first kappa shape index (κ1) is 17.4. The number of aromatic nitrogens is 4. The molecule has 0 unspecified atom stereocenters. The molecule has 0 spiro atoms. The molecule has 5 rings (SSSR count). The zero-order chi connectivity index (χ0) is 18.6. The molecule has 1 aliphatic carbocycles. The molecule has 2 aromatic heterocycles. The van der Waals surface area contributed by atoms with E-state index in [0.29, 0.717) is 17.7 Å². The van der Waals surface area contributed by atoms with E-state index in [0.717, 1.165) is 18.8 Å². The lowest BCUT2D eigenvalue weighted by atomic mass is 9.92. The summed E-state index contributed by atoms with van der Waals surface area (Å²) in [6.07, 6.45) is 5.77. The fraction of sp³-hybridized carbons (Fsp3) is 0.368. The number of rotatable bonds is 4. The van der Waals surface area contributed by atoms with E-state index in [-0.39, 0.29) is 7.19 Å². The monoisotopic (exact) mass is 369 g/mol. The van der Waals surface area contributed by atoms with E-state index in [9.17, 15) is 4.79 Å². The summed E-state index contributed by atoms with van der Waals surface area (Å²) in [4.78, 5) is 10.7. The summed E-state index contributed by atoms with van der Waals surface area (Å²) >= 11 is 0. The van der Waals surface area contributed by atoms with Gasteiger partial charge in [0.05, 0.1) is 31.1 Å². The summed E-state index contributed by atoms with van der Waals surface area (Å²) < 4.78 is 12.0. The maximum Gasteiger partial charge on any atom is 0.287 e. The van der Waals surface area contributed by atoms with Crippen molar-refractivity contribution in [1.82, 2.24) is 20.2 Å². The molecule has 1 saturated carbocycles. The highest BCUT2D eigenvalue weighted by atomic mass is 16.5. The van der Waals surface area contributed by atoms with E-state index in [1.807, 2.05) is 36.5 Å². The van der Waals surface area contributed by atoms with Crippen LogP contribution in [-0.2, 0) is 4.74 Å². The van der Waals surface area contributed by atoms with Gasteiger partial charge in [0.25, 0.3) is 5.91 Å². The molecule has 1 amide bonds. The average molecular weight is 369 g/mol. The van der Waals surface area contributed by atoms with Crippen molar-refractivity contribution in [2.24, 2.45) is 5.73 Å². The Kier molecular flexibility index (Phi) is 4.97. The fourth-order valence-corrected chi connectivity index (χ4v) is 3.00. The first-order valence-electron chi connectivity index (χ1n) is 9.02. The maximum absolute atomic E-state index is 10.7. The zero-order valence-corrected chi connectivity index (χ0v) is 14.8. The highest BCUT2D eigenvalue weighted by Crippen LogP contribution is 2.34. The molecule has 2 aliphatic rings. The first-order valence-corrected chi connectivity index (χ1v) is 9.02. The van der Waals surface area contributed by atoms with Crippen LogP contribution in [0.2, 0.25) is 0 Å². The van der Waals surface area contributed by atoms with Gasteiger partial charge >= 0.3 is 0 Å². The third kappa shape index (κ3) is 3.75. The van der Waals surface area contributed by atoms with Gasteiger partial charge in [-0.15, -0.1) is 5.10 Å². The van der Waals surface area contributed by atoms with Gasteiger partial charge in [-0.3, -0.25) is 4.79 Å². The molecule has 8 heteroatoms. The SMILES string of the molecule is NC(=O)c1cc(-c2ccccc2)no1.[HH].c1nnn(C2CCC2)c1C1COC1. The quantitative estimate of drug-likeness (QED) is 0.757. The minimum absolute atomic E-state index is 0. The normalized spacial score (nSPS) is 16.7. The Hall–Kier alpha value is -3.00. The van der Waals surface area contributed by atoms with Crippen molar-refractivity contribution in [1.29, 1.82) is 0 Å². The lowest BCUT2D eigenvalue weighted by Crippen LogP contribution is -2.30. The van der Waals surface area contributed by atoms with Crippen molar-refractivity contribution in [3.05, 3.63) is 54.0 Å². The molecule has 1 aliphatic heterocycles. The van der Waals surface area contributed by atoms with E-state index in [1.54, 1.807) is 0 Å². The second kappa shape index (κ2) is 7.71. The van der Waals surface area contributed by atoms with E-state index in [1.165, 1.54) is 31.0 Å². The first-order chi connectivity index (χ1) is 13.2. The number of ether oxygens (including phenoxy) is 1. The summed E-state index contributed by atoms with van der Waals surface area (Å²) in [5.74, 6) is 0.0131. The Morgan fingerprint density at radius 3 is 2.56 bits per heavy atom. The number of nitrogens with two attached hydrogens (primary N) is 1. The van der Waals surface area contributed by atoms with Gasteiger partial charge in [0.1, 0.15) is 5.69 Å². The average Bonchev–Trinajstić information content (AvgIpc) is 3.24. The molecule has 3 aromatic rings. The number of carbonyl (C=O) groups excluding carboxylic acids is 1. The number of nitrogens with zero attached hydrogens (tertiary/aromatic N) is 4. The molecule has 2 N–H and O–H groups in total. The van der Waals surface area contributed by atoms with Crippen LogP contribution in [0.3, 0.4) is 0 Å². The van der Waals surface area contributed by atoms with Crippen LogP contribution in [0.5, 0.6) is 0 Å². The Morgan fingerprint density at radius 2 is 2.00 bits per heavy atom. The fourth-order valence-electron chi connectivity index (χ4n) is 3.00. The van der Waals surface area contributed by atoms with Crippen molar-refractivity contribution in [3.63, 3.8) is 0 Å². The highest BCUT2D eigenvalue weighted by Gasteiger charge is 2.29. The Morgan fingerprint density at radius 1 is 1.22 bits per heavy atom. The molecule has 0 radical (unpaired) electrons. The summed E-state index contributed by atoms with van der Waals surface area (Å²) in [6.45, 7) is 1.69. The predicted octanol–water partition coefficient (Wildman–Crippen LogP) is 2.80. The van der Waals surface area contributed by atoms with Crippen molar-refractivity contribution in [2.75, 3.05) is 13.2 Å². The van der Waals surface area contributed by atoms with Gasteiger partial charge in [0.2, 0.25) is 5.76 Å². The van der Waals surface area contributed by atoms with E-state index >= 15 is 0 Å². The smallest absolute Gasteiger partial charge is 0.287 e. The van der Waals surface area contributed by atoms with Gasteiger partial charge in [-0.1, -0.05) is 40.7 Å². The number of primary amides is 1. The topological polar surface area (TPSA) is 109 Å². The van der Waals surface area contributed by atoms with Crippen LogP contribution in [0.15, 0.2) is 47.1 Å². The van der Waals surface area contributed by atoms with E-state index in [2.05, 4.69) is 20.2 Å². The number of amides is 1. The Labute approximate surface area is 157 Å². The lowest BCUT2D eigenvalue weighted by molar-refractivity contribution is 0.00342. The maximum atomic E-state index is 10.7. The molecule has 1 saturated heterocycles. The number of benzene rings is 1. The molecule has 2 fully saturated rings. The number of hydrogen-bond donors (Lipinski definition) is 1. The van der Waals surface area contributed by atoms with Crippen LogP contribution in [-0.4, -0.2) is 39.3 Å². The van der Waals surface area contributed by atoms with E-state index < -0.39 is 5.91 Å². The molecule has 1 aromatic carbocycles. The van der Waals surface area contributed by atoms with Crippen molar-refractivity contribution in [2.45, 2.75) is 31.2 Å². The summed E-state index contributed by atoms with van der Waals surface area (Å²) in [5.41, 5.74) is 7.81. The third-order valence-corrected chi connectivity index (χ3v) is 4.90. The molecular weight excluding hydrogens is 346 g/mol. The third-order valence-electron chi connectivity index (χ3n) is 4.90. The van der Waals surface area contributed by atoms with Gasteiger partial charge in [0.15, 0.2) is 0 Å². The lowest BCUT2D eigenvalue weighted by Gasteiger charge is -2.31. The van der Waals surface area contributed by atoms with Crippen molar-refractivity contribution < 1.29 is 15.5 Å². The van der Waals surface area contributed by atoms with Crippen LogP contribution >= 0.6 is 0 Å². The second-order valence-electron chi connectivity index (χ2n) is 6.73. The van der Waals surface area contributed by atoms with Gasteiger partial charge in [-0.2, -0.15) is 0 Å². The van der Waals surface area contributed by atoms with Crippen LogP contribution in [0.25, 0.3) is 11.3 Å². The molecule has 8 nitrogen and oxygen atoms in total. The zero-order valence-electron chi connectivity index (χ0n) is 14.8. The molecule has 142 valence electrons. The van der Waals surface area contributed by atoms with Gasteiger partial charge in [-0.05, 0) is 19.3 Å². The molecule has 0 bridgehead atoms. The highest BCUT2D eigenvalue weighted by molar-refractivity contribution is 5.90. The predicted molar refractivity (Wildman–Crippen MR) is 99.0 cm³/mol. The number of hydrogen-bond acceptors (Lipinski definition) is 6. The van der Waals surface area contributed by atoms with Crippen LogP contribution in [0.1, 0.15) is 48.9 Å². The Balaban J connectivity index is 0.000000155. The number of carbonyl (C=O) groups is 1. The van der Waals surface area contributed by atoms with Gasteiger partial charge in [-0.25, -0.2) is 4.68 Å². The van der Waals surface area contributed by atoms with Gasteiger partial charge < -0.3 is 15.0 Å². The van der Waals surface area contributed by atoms with Gasteiger partial charge in [0, 0.05) is 19.0 Å². The Bertz CT molecular complexity index is 875. The summed E-state index contributed by atoms with van der Waals surface area (Å²) in [6, 6.07) is 11.6. The summed E-state index contributed by atoms with van der Waals surface area (Å²) in [5, 5.41) is 11.9. The standard InChI is InChI=1S/C10H8N2O2.C9H13N3O.H2/c11-10(13)9-6-8(12-14-9)7-4-2-1-3-5-7;1-2-8(3-1)12-9(4-10-11-12)7-5-13-6-7;/h1-6H,(H2,11,13);4,7-8H,1-3,5-6H2;1H. The largest absolute Gasteiger partial charge is 0.380 e. The van der Waals surface area contributed by atoms with E-state index in [4.69, 9.17) is 15.0 Å².